The van der Waals surface area contributed by atoms with Crippen LogP contribution in [0, 0.1) is 6.92 Å². The minimum Gasteiger partial charge on any atom is -0.396 e. The van der Waals surface area contributed by atoms with E-state index in [0.717, 1.165) is 11.4 Å². The predicted molar refractivity (Wildman–Crippen MR) is 61.6 cm³/mol. The molecular formula is C12H15N3. The Balaban J connectivity index is 2.37. The Labute approximate surface area is 89.5 Å². The zero-order valence-corrected chi connectivity index (χ0v) is 9.01. The van der Waals surface area contributed by atoms with Gasteiger partial charge in [0.15, 0.2) is 0 Å². The quantitative estimate of drug-likeness (QED) is 0.810. The van der Waals surface area contributed by atoms with Gasteiger partial charge in [0.25, 0.3) is 0 Å². The van der Waals surface area contributed by atoms with Crippen molar-refractivity contribution >= 4 is 5.69 Å². The lowest BCUT2D eigenvalue weighted by molar-refractivity contribution is 0.550. The SMILES string of the molecule is Cc1c(N)cnn1C(C)c1ccccc1. The summed E-state index contributed by atoms with van der Waals surface area (Å²) in [4.78, 5) is 0. The summed E-state index contributed by atoms with van der Waals surface area (Å²) in [7, 11) is 0. The Morgan fingerprint density at radius 2 is 1.93 bits per heavy atom. The lowest BCUT2D eigenvalue weighted by Gasteiger charge is -2.14. The number of aromatic nitrogens is 2. The minimum absolute atomic E-state index is 0.225. The Hall–Kier alpha value is -1.77. The van der Waals surface area contributed by atoms with Crippen molar-refractivity contribution in [3.05, 3.63) is 47.8 Å². The molecule has 2 rings (SSSR count). The highest BCUT2D eigenvalue weighted by Crippen LogP contribution is 2.20. The molecule has 0 aliphatic heterocycles. The molecule has 15 heavy (non-hydrogen) atoms. The first-order chi connectivity index (χ1) is 7.20. The fraction of sp³-hybridized carbons (Fsp3) is 0.250. The van der Waals surface area contributed by atoms with Crippen molar-refractivity contribution in [2.45, 2.75) is 19.9 Å². The fourth-order valence-electron chi connectivity index (χ4n) is 1.70. The average Bonchev–Trinajstić information content (AvgIpc) is 2.60. The number of anilines is 1. The second kappa shape index (κ2) is 3.77. The van der Waals surface area contributed by atoms with Gasteiger partial charge >= 0.3 is 0 Å². The maximum absolute atomic E-state index is 5.77. The molecule has 3 heteroatoms. The summed E-state index contributed by atoms with van der Waals surface area (Å²) in [5.74, 6) is 0. The van der Waals surface area contributed by atoms with E-state index in [1.807, 2.05) is 29.8 Å². The molecule has 0 radical (unpaired) electrons. The third kappa shape index (κ3) is 1.73. The maximum Gasteiger partial charge on any atom is 0.0744 e. The van der Waals surface area contributed by atoms with Crippen molar-refractivity contribution < 1.29 is 0 Å². The van der Waals surface area contributed by atoms with E-state index in [0.29, 0.717) is 0 Å². The Kier molecular flexibility index (Phi) is 2.46. The molecule has 2 N–H and O–H groups in total. The Morgan fingerprint density at radius 3 is 2.47 bits per heavy atom. The summed E-state index contributed by atoms with van der Waals surface area (Å²) in [6, 6.07) is 10.5. The van der Waals surface area contributed by atoms with Gasteiger partial charge in [0.05, 0.1) is 23.6 Å². The highest BCUT2D eigenvalue weighted by Gasteiger charge is 2.11. The molecule has 1 aromatic heterocycles. The molecule has 1 atom stereocenters. The van der Waals surface area contributed by atoms with E-state index in [9.17, 15) is 0 Å². The van der Waals surface area contributed by atoms with Gasteiger partial charge in [0.2, 0.25) is 0 Å². The van der Waals surface area contributed by atoms with Gasteiger partial charge < -0.3 is 5.73 Å². The summed E-state index contributed by atoms with van der Waals surface area (Å²) in [5, 5.41) is 4.28. The van der Waals surface area contributed by atoms with Crippen LogP contribution in [-0.4, -0.2) is 9.78 Å². The van der Waals surface area contributed by atoms with Crippen molar-refractivity contribution in [2.24, 2.45) is 0 Å². The second-order valence-electron chi connectivity index (χ2n) is 3.72. The van der Waals surface area contributed by atoms with Crippen LogP contribution in [0.25, 0.3) is 0 Å². The first kappa shape index (κ1) is 9.77. The average molecular weight is 201 g/mol. The van der Waals surface area contributed by atoms with Crippen molar-refractivity contribution in [3.63, 3.8) is 0 Å². The van der Waals surface area contributed by atoms with Gasteiger partial charge in [-0.15, -0.1) is 0 Å². The molecule has 0 saturated carbocycles. The van der Waals surface area contributed by atoms with Gasteiger partial charge in [-0.25, -0.2) is 0 Å². The number of nitrogen functional groups attached to an aromatic ring is 1. The van der Waals surface area contributed by atoms with Gasteiger partial charge in [-0.2, -0.15) is 5.10 Å². The van der Waals surface area contributed by atoms with Crippen LogP contribution in [0.1, 0.15) is 24.2 Å². The van der Waals surface area contributed by atoms with Crippen molar-refractivity contribution in [3.8, 4) is 0 Å². The van der Waals surface area contributed by atoms with Crippen LogP contribution in [0.5, 0.6) is 0 Å². The molecule has 1 unspecified atom stereocenters. The van der Waals surface area contributed by atoms with Gasteiger partial charge in [-0.3, -0.25) is 4.68 Å². The Morgan fingerprint density at radius 1 is 1.27 bits per heavy atom. The van der Waals surface area contributed by atoms with Gasteiger partial charge in [0, 0.05) is 0 Å². The first-order valence-electron chi connectivity index (χ1n) is 5.04. The molecule has 0 saturated heterocycles. The maximum atomic E-state index is 5.77. The largest absolute Gasteiger partial charge is 0.396 e. The Bertz CT molecular complexity index is 445. The van der Waals surface area contributed by atoms with Gasteiger partial charge in [0.1, 0.15) is 0 Å². The summed E-state index contributed by atoms with van der Waals surface area (Å²) >= 11 is 0. The van der Waals surface area contributed by atoms with Crippen molar-refractivity contribution in [1.29, 1.82) is 0 Å². The number of nitrogens with zero attached hydrogens (tertiary/aromatic N) is 2. The van der Waals surface area contributed by atoms with Crippen LogP contribution in [0.4, 0.5) is 5.69 Å². The topological polar surface area (TPSA) is 43.8 Å². The lowest BCUT2D eigenvalue weighted by Crippen LogP contribution is -2.10. The third-order valence-electron chi connectivity index (χ3n) is 2.73. The molecule has 0 amide bonds. The van der Waals surface area contributed by atoms with Crippen LogP contribution in [0.3, 0.4) is 0 Å². The van der Waals surface area contributed by atoms with Crippen LogP contribution >= 0.6 is 0 Å². The van der Waals surface area contributed by atoms with E-state index in [1.54, 1.807) is 6.20 Å². The molecule has 2 aromatic rings. The fourth-order valence-corrected chi connectivity index (χ4v) is 1.70. The van der Waals surface area contributed by atoms with E-state index in [2.05, 4.69) is 24.2 Å². The van der Waals surface area contributed by atoms with Crippen molar-refractivity contribution in [2.75, 3.05) is 5.73 Å². The van der Waals surface area contributed by atoms with E-state index >= 15 is 0 Å². The van der Waals surface area contributed by atoms with E-state index in [1.165, 1.54) is 5.56 Å². The van der Waals surface area contributed by atoms with Crippen molar-refractivity contribution in [1.82, 2.24) is 9.78 Å². The summed E-state index contributed by atoms with van der Waals surface area (Å²) < 4.78 is 1.95. The molecule has 1 heterocycles. The minimum atomic E-state index is 0.225. The number of benzene rings is 1. The van der Waals surface area contributed by atoms with Crippen LogP contribution in [0.15, 0.2) is 36.5 Å². The van der Waals surface area contributed by atoms with E-state index in [-0.39, 0.29) is 6.04 Å². The van der Waals surface area contributed by atoms with Crippen LogP contribution < -0.4 is 5.73 Å². The molecular weight excluding hydrogens is 186 g/mol. The van der Waals surface area contributed by atoms with E-state index < -0.39 is 0 Å². The number of rotatable bonds is 2. The molecule has 3 nitrogen and oxygen atoms in total. The first-order valence-corrected chi connectivity index (χ1v) is 5.04. The standard InChI is InChI=1S/C12H15N3/c1-9(11-6-4-3-5-7-11)15-10(2)12(13)8-14-15/h3-9H,13H2,1-2H3. The second-order valence-corrected chi connectivity index (χ2v) is 3.72. The highest BCUT2D eigenvalue weighted by molar-refractivity contribution is 5.40. The van der Waals surface area contributed by atoms with Crippen LogP contribution in [-0.2, 0) is 0 Å². The summed E-state index contributed by atoms with van der Waals surface area (Å²) in [5.41, 5.74) is 8.78. The summed E-state index contributed by atoms with van der Waals surface area (Å²) in [6.45, 7) is 4.11. The molecule has 0 fully saturated rings. The normalized spacial score (nSPS) is 12.7. The number of hydrogen-bond acceptors (Lipinski definition) is 2. The van der Waals surface area contributed by atoms with Crippen LogP contribution in [0.2, 0.25) is 0 Å². The molecule has 0 bridgehead atoms. The lowest BCUT2D eigenvalue weighted by atomic mass is 10.1. The monoisotopic (exact) mass is 201 g/mol. The highest BCUT2D eigenvalue weighted by atomic mass is 15.3. The molecule has 0 aliphatic rings. The number of nitrogens with two attached hydrogens (primary N) is 1. The zero-order valence-electron chi connectivity index (χ0n) is 9.01. The molecule has 1 aromatic carbocycles. The smallest absolute Gasteiger partial charge is 0.0744 e. The molecule has 78 valence electrons. The van der Waals surface area contributed by atoms with E-state index in [4.69, 9.17) is 5.73 Å². The molecule has 0 spiro atoms. The zero-order chi connectivity index (χ0) is 10.8. The summed E-state index contributed by atoms with van der Waals surface area (Å²) in [6.07, 6.45) is 1.70. The van der Waals surface area contributed by atoms with Gasteiger partial charge in [-0.1, -0.05) is 30.3 Å². The van der Waals surface area contributed by atoms with Gasteiger partial charge in [-0.05, 0) is 19.4 Å². The third-order valence-corrected chi connectivity index (χ3v) is 2.73. The number of hydrogen-bond donors (Lipinski definition) is 1. The predicted octanol–water partition coefficient (Wildman–Crippen LogP) is 2.38. The molecule has 0 aliphatic carbocycles.